The Kier molecular flexibility index (Phi) is 5.85. The number of fused-ring (bicyclic) bond motifs is 3. The van der Waals surface area contributed by atoms with Gasteiger partial charge in [0.2, 0.25) is 0 Å². The predicted octanol–water partition coefficient (Wildman–Crippen LogP) is 6.62. The molecule has 0 aromatic carbocycles. The number of hydrogen-bond donors (Lipinski definition) is 0. The molecule has 3 aliphatic heterocycles. The molecule has 188 valence electrons. The van der Waals surface area contributed by atoms with Gasteiger partial charge in [-0.25, -0.2) is 0 Å². The van der Waals surface area contributed by atoms with Gasteiger partial charge in [0.25, 0.3) is 0 Å². The lowest BCUT2D eigenvalue weighted by Gasteiger charge is -2.30. The van der Waals surface area contributed by atoms with Gasteiger partial charge in [0.1, 0.15) is 39.6 Å². The second-order valence-electron chi connectivity index (χ2n) is 9.40. The van der Waals surface area contributed by atoms with E-state index in [1.54, 1.807) is 34.0 Å². The molecule has 0 fully saturated rings. The van der Waals surface area contributed by atoms with Gasteiger partial charge in [-0.1, -0.05) is 13.8 Å². The van der Waals surface area contributed by atoms with Gasteiger partial charge in [-0.05, 0) is 26.7 Å². The van der Waals surface area contributed by atoms with Crippen molar-refractivity contribution in [2.45, 2.75) is 51.4 Å². The van der Waals surface area contributed by atoms with Crippen LogP contribution in [0.1, 0.15) is 60.0 Å². The Morgan fingerprint density at radius 3 is 1.34 bits per heavy atom. The van der Waals surface area contributed by atoms with Crippen LogP contribution in [0.5, 0.6) is 34.5 Å². The van der Waals surface area contributed by atoms with Crippen LogP contribution < -0.4 is 28.4 Å². The first-order valence-electron chi connectivity index (χ1n) is 12.2. The summed E-state index contributed by atoms with van der Waals surface area (Å²) in [6, 6.07) is 0. The standard InChI is InChI=1S/C26H30O6S3/c1-5-25(3,21-17-15(13-33-21)27-7-9-29-17)23-19-20(32-12-11-31-19)24(35-23)26(4,6-2)22-18-16(14-34-22)28-8-10-30-18/h13-14H,5-12H2,1-4H3. The molecule has 0 bridgehead atoms. The Labute approximate surface area is 217 Å². The number of ether oxygens (including phenoxy) is 6. The molecule has 35 heavy (non-hydrogen) atoms. The van der Waals surface area contributed by atoms with Crippen LogP contribution in [0, 0.1) is 0 Å². The van der Waals surface area contributed by atoms with E-state index < -0.39 is 0 Å². The van der Waals surface area contributed by atoms with Crippen molar-refractivity contribution in [1.29, 1.82) is 0 Å². The summed E-state index contributed by atoms with van der Waals surface area (Å²) in [5, 5.41) is 4.14. The average Bonchev–Trinajstić information content (AvgIpc) is 3.63. The van der Waals surface area contributed by atoms with Gasteiger partial charge >= 0.3 is 0 Å². The molecule has 6 heterocycles. The highest BCUT2D eigenvalue weighted by atomic mass is 32.1. The minimum absolute atomic E-state index is 0.296. The summed E-state index contributed by atoms with van der Waals surface area (Å²) in [7, 11) is 0. The fourth-order valence-corrected chi connectivity index (χ4v) is 9.12. The molecule has 0 radical (unpaired) electrons. The van der Waals surface area contributed by atoms with Crippen molar-refractivity contribution in [3.63, 3.8) is 0 Å². The highest BCUT2D eigenvalue weighted by molar-refractivity contribution is 7.14. The summed E-state index contributed by atoms with van der Waals surface area (Å²) in [6.45, 7) is 12.5. The topological polar surface area (TPSA) is 55.4 Å². The van der Waals surface area contributed by atoms with E-state index in [-0.39, 0.29) is 10.8 Å². The zero-order chi connectivity index (χ0) is 24.2. The third-order valence-electron chi connectivity index (χ3n) is 7.42. The molecule has 0 saturated carbocycles. The fourth-order valence-electron chi connectivity index (χ4n) is 5.01. The lowest BCUT2D eigenvalue weighted by atomic mass is 9.81. The van der Waals surface area contributed by atoms with E-state index in [1.807, 2.05) is 0 Å². The number of thiophene rings is 3. The van der Waals surface area contributed by atoms with Gasteiger partial charge in [-0.3, -0.25) is 0 Å². The Hall–Kier alpha value is -2.10. The first-order chi connectivity index (χ1) is 17.0. The van der Waals surface area contributed by atoms with Crippen LogP contribution in [-0.4, -0.2) is 39.6 Å². The lowest BCUT2D eigenvalue weighted by Crippen LogP contribution is -2.25. The third kappa shape index (κ3) is 3.45. The first-order valence-corrected chi connectivity index (χ1v) is 14.8. The molecule has 2 unspecified atom stereocenters. The Balaban J connectivity index is 1.53. The first kappa shape index (κ1) is 23.3. The van der Waals surface area contributed by atoms with Crippen molar-refractivity contribution < 1.29 is 28.4 Å². The van der Waals surface area contributed by atoms with Crippen molar-refractivity contribution in [2.75, 3.05) is 39.6 Å². The van der Waals surface area contributed by atoms with Crippen molar-refractivity contribution >= 4 is 34.0 Å². The SMILES string of the molecule is CCC(C)(c1scc2c1OCCO2)c1sc(C(C)(CC)c2scc3c2OCCO3)c2c1OCCO2. The van der Waals surface area contributed by atoms with Crippen LogP contribution in [0.2, 0.25) is 0 Å². The van der Waals surface area contributed by atoms with E-state index in [0.29, 0.717) is 39.6 Å². The van der Waals surface area contributed by atoms with Crippen LogP contribution in [0.3, 0.4) is 0 Å². The summed E-state index contributed by atoms with van der Waals surface area (Å²) in [6.07, 6.45) is 1.79. The molecule has 3 aliphatic rings. The summed E-state index contributed by atoms with van der Waals surface area (Å²) in [5.41, 5.74) is -0.592. The maximum Gasteiger partial charge on any atom is 0.176 e. The minimum atomic E-state index is -0.296. The molecule has 6 rings (SSSR count). The minimum Gasteiger partial charge on any atom is -0.485 e. The molecule has 0 amide bonds. The van der Waals surface area contributed by atoms with E-state index in [9.17, 15) is 0 Å². The predicted molar refractivity (Wildman–Crippen MR) is 139 cm³/mol. The highest BCUT2D eigenvalue weighted by Gasteiger charge is 2.46. The molecule has 0 aliphatic carbocycles. The van der Waals surface area contributed by atoms with Gasteiger partial charge in [0.15, 0.2) is 34.5 Å². The van der Waals surface area contributed by atoms with Gasteiger partial charge in [0, 0.05) is 21.6 Å². The third-order valence-corrected chi connectivity index (χ3v) is 11.5. The molecule has 6 nitrogen and oxygen atoms in total. The maximum absolute atomic E-state index is 6.36. The van der Waals surface area contributed by atoms with E-state index in [2.05, 4.69) is 38.5 Å². The number of hydrogen-bond acceptors (Lipinski definition) is 9. The monoisotopic (exact) mass is 534 g/mol. The lowest BCUT2D eigenvalue weighted by molar-refractivity contribution is 0.164. The zero-order valence-corrected chi connectivity index (χ0v) is 22.9. The van der Waals surface area contributed by atoms with Gasteiger partial charge < -0.3 is 28.4 Å². The molecule has 3 aromatic heterocycles. The Morgan fingerprint density at radius 2 is 0.943 bits per heavy atom. The molecular formula is C26H30O6S3. The molecule has 3 aromatic rings. The zero-order valence-electron chi connectivity index (χ0n) is 20.5. The van der Waals surface area contributed by atoms with Crippen molar-refractivity contribution in [3.8, 4) is 34.5 Å². The number of rotatable bonds is 6. The van der Waals surface area contributed by atoms with Gasteiger partial charge in [-0.2, -0.15) is 0 Å². The Morgan fingerprint density at radius 1 is 0.571 bits per heavy atom. The molecule has 0 spiro atoms. The second-order valence-corrected chi connectivity index (χ2v) is 12.2. The quantitative estimate of drug-likeness (QED) is 0.354. The highest BCUT2D eigenvalue weighted by Crippen LogP contribution is 2.61. The molecule has 9 heteroatoms. The van der Waals surface area contributed by atoms with E-state index in [1.165, 1.54) is 19.5 Å². The normalized spacial score (nSPS) is 19.7. The fraction of sp³-hybridized carbons (Fsp3) is 0.538. The maximum atomic E-state index is 6.36. The van der Waals surface area contributed by atoms with Crippen LogP contribution in [0.4, 0.5) is 0 Å². The summed E-state index contributed by atoms with van der Waals surface area (Å²) in [4.78, 5) is 4.74. The van der Waals surface area contributed by atoms with E-state index >= 15 is 0 Å². The average molecular weight is 535 g/mol. The van der Waals surface area contributed by atoms with Gasteiger partial charge in [0.05, 0.1) is 19.5 Å². The van der Waals surface area contributed by atoms with Gasteiger partial charge in [-0.15, -0.1) is 34.0 Å². The van der Waals surface area contributed by atoms with Crippen molar-refractivity contribution in [3.05, 3.63) is 30.3 Å². The Bertz CT molecular complexity index is 1150. The molecule has 2 atom stereocenters. The molecular weight excluding hydrogens is 504 g/mol. The molecule has 0 N–H and O–H groups in total. The van der Waals surface area contributed by atoms with Crippen molar-refractivity contribution in [2.24, 2.45) is 0 Å². The summed E-state index contributed by atoms with van der Waals surface area (Å²) < 4.78 is 36.7. The van der Waals surface area contributed by atoms with E-state index in [0.717, 1.165) is 47.3 Å². The largest absolute Gasteiger partial charge is 0.485 e. The van der Waals surface area contributed by atoms with E-state index in [4.69, 9.17) is 28.4 Å². The smallest absolute Gasteiger partial charge is 0.176 e. The van der Waals surface area contributed by atoms with Crippen LogP contribution >= 0.6 is 34.0 Å². The summed E-state index contributed by atoms with van der Waals surface area (Å²) in [5.74, 6) is 5.20. The summed E-state index contributed by atoms with van der Waals surface area (Å²) >= 11 is 5.22. The van der Waals surface area contributed by atoms with Crippen LogP contribution in [0.15, 0.2) is 10.8 Å². The van der Waals surface area contributed by atoms with Crippen molar-refractivity contribution in [1.82, 2.24) is 0 Å². The van der Waals surface area contributed by atoms with Crippen LogP contribution in [-0.2, 0) is 10.8 Å². The second kappa shape index (κ2) is 8.78. The van der Waals surface area contributed by atoms with Crippen LogP contribution in [0.25, 0.3) is 0 Å². The molecule has 0 saturated heterocycles.